The molecule has 3 rings (SSSR count). The molecule has 0 heterocycles. The molecule has 0 spiro atoms. The molecular formula is C28H28. The molecule has 0 aromatic heterocycles. The van der Waals surface area contributed by atoms with Gasteiger partial charge in [-0.2, -0.15) is 0 Å². The molecule has 0 aliphatic rings. The first kappa shape index (κ1) is 19.6. The Morgan fingerprint density at radius 2 is 1.54 bits per heavy atom. The molecule has 0 saturated carbocycles. The molecule has 0 unspecified atom stereocenters. The van der Waals surface area contributed by atoms with Crippen molar-refractivity contribution in [1.82, 2.24) is 0 Å². The molecule has 0 nitrogen and oxygen atoms in total. The van der Waals surface area contributed by atoms with E-state index in [1.165, 1.54) is 39.0 Å². The summed E-state index contributed by atoms with van der Waals surface area (Å²) in [5.41, 5.74) is 9.78. The van der Waals surface area contributed by atoms with Crippen LogP contribution in [-0.2, 0) is 0 Å². The van der Waals surface area contributed by atoms with E-state index in [0.717, 1.165) is 12.0 Å². The molecule has 3 aromatic carbocycles. The highest BCUT2D eigenvalue weighted by molar-refractivity contribution is 5.83. The predicted molar refractivity (Wildman–Crippen MR) is 124 cm³/mol. The molecule has 0 heteroatoms. The van der Waals surface area contributed by atoms with Crippen LogP contribution in [0.25, 0.3) is 22.3 Å². The van der Waals surface area contributed by atoms with Gasteiger partial charge >= 0.3 is 0 Å². The number of hydrogen-bond acceptors (Lipinski definition) is 0. The van der Waals surface area contributed by atoms with Crippen molar-refractivity contribution >= 4 is 11.1 Å². The monoisotopic (exact) mass is 364 g/mol. The first-order valence-electron chi connectivity index (χ1n) is 9.89. The molecule has 0 aliphatic carbocycles. The average molecular weight is 365 g/mol. The lowest BCUT2D eigenvalue weighted by molar-refractivity contribution is 1.23. The minimum Gasteiger partial charge on any atom is -0.0911 e. The fraction of sp³-hybridized carbons (Fsp3) is 0.143. The summed E-state index contributed by atoms with van der Waals surface area (Å²) >= 11 is 0. The van der Waals surface area contributed by atoms with Crippen LogP contribution in [0, 0.1) is 13.8 Å². The van der Waals surface area contributed by atoms with Crippen LogP contribution in [0.3, 0.4) is 0 Å². The van der Waals surface area contributed by atoms with E-state index in [4.69, 9.17) is 0 Å². The van der Waals surface area contributed by atoms with E-state index in [0.29, 0.717) is 0 Å². The maximum absolute atomic E-state index is 4.27. The van der Waals surface area contributed by atoms with Crippen molar-refractivity contribution in [2.75, 3.05) is 0 Å². The molecule has 3 aromatic rings. The maximum atomic E-state index is 4.27. The van der Waals surface area contributed by atoms with Gasteiger partial charge in [0.25, 0.3) is 0 Å². The van der Waals surface area contributed by atoms with Crippen molar-refractivity contribution in [3.8, 4) is 11.1 Å². The average Bonchev–Trinajstić information content (AvgIpc) is 2.71. The van der Waals surface area contributed by atoms with E-state index in [-0.39, 0.29) is 0 Å². The van der Waals surface area contributed by atoms with E-state index < -0.39 is 0 Å². The van der Waals surface area contributed by atoms with Gasteiger partial charge in [0.05, 0.1) is 0 Å². The van der Waals surface area contributed by atoms with E-state index in [1.807, 2.05) is 0 Å². The fourth-order valence-electron chi connectivity index (χ4n) is 3.48. The van der Waals surface area contributed by atoms with Crippen LogP contribution in [0.4, 0.5) is 0 Å². The summed E-state index contributed by atoms with van der Waals surface area (Å²) in [6, 6.07) is 25.7. The Bertz CT molecular complexity index is 1030. The topological polar surface area (TPSA) is 0 Å². The van der Waals surface area contributed by atoms with Gasteiger partial charge in [-0.05, 0) is 70.9 Å². The van der Waals surface area contributed by atoms with Crippen LogP contribution in [0.15, 0.2) is 97.6 Å². The number of allylic oxidation sites excluding steroid dienone is 5. The van der Waals surface area contributed by atoms with Crippen molar-refractivity contribution in [2.24, 2.45) is 0 Å². The second-order valence-electron chi connectivity index (χ2n) is 7.14. The number of aryl methyl sites for hydroxylation is 2. The number of rotatable bonds is 6. The van der Waals surface area contributed by atoms with Gasteiger partial charge < -0.3 is 0 Å². The Kier molecular flexibility index (Phi) is 6.45. The van der Waals surface area contributed by atoms with Crippen molar-refractivity contribution < 1.29 is 0 Å². The summed E-state index contributed by atoms with van der Waals surface area (Å²) < 4.78 is 0. The molecule has 0 amide bonds. The van der Waals surface area contributed by atoms with Crippen molar-refractivity contribution in [3.63, 3.8) is 0 Å². The molecule has 0 radical (unpaired) electrons. The minimum atomic E-state index is 0.991. The molecule has 0 N–H and O–H groups in total. The van der Waals surface area contributed by atoms with Crippen LogP contribution in [0.1, 0.15) is 35.6 Å². The van der Waals surface area contributed by atoms with Crippen LogP contribution >= 0.6 is 0 Å². The predicted octanol–water partition coefficient (Wildman–Crippen LogP) is 8.03. The summed E-state index contributed by atoms with van der Waals surface area (Å²) in [5.74, 6) is 0. The Morgan fingerprint density at radius 1 is 0.821 bits per heavy atom. The fourth-order valence-corrected chi connectivity index (χ4v) is 3.48. The lowest BCUT2D eigenvalue weighted by Crippen LogP contribution is -1.87. The first-order chi connectivity index (χ1) is 13.6. The van der Waals surface area contributed by atoms with E-state index in [9.17, 15) is 0 Å². The molecule has 0 saturated heterocycles. The molecule has 0 aliphatic heterocycles. The smallest absolute Gasteiger partial charge is 0.0155 e. The largest absolute Gasteiger partial charge is 0.0911 e. The maximum Gasteiger partial charge on any atom is -0.0155 e. The van der Waals surface area contributed by atoms with Gasteiger partial charge in [-0.3, -0.25) is 0 Å². The second kappa shape index (κ2) is 9.19. The second-order valence-corrected chi connectivity index (χ2v) is 7.14. The van der Waals surface area contributed by atoms with Gasteiger partial charge in [-0.15, -0.1) is 0 Å². The van der Waals surface area contributed by atoms with Gasteiger partial charge in [0.1, 0.15) is 0 Å². The third-order valence-electron chi connectivity index (χ3n) is 5.03. The Hall–Kier alpha value is -3.12. The lowest BCUT2D eigenvalue weighted by Gasteiger charge is -2.10. The number of hydrogen-bond donors (Lipinski definition) is 0. The Balaban J connectivity index is 1.92. The molecule has 28 heavy (non-hydrogen) atoms. The van der Waals surface area contributed by atoms with Gasteiger partial charge in [-0.1, -0.05) is 98.5 Å². The van der Waals surface area contributed by atoms with Gasteiger partial charge in [-0.25, -0.2) is 0 Å². The Labute approximate surface area is 169 Å². The zero-order chi connectivity index (χ0) is 19.9. The summed E-state index contributed by atoms with van der Waals surface area (Å²) in [6.07, 6.45) is 7.59. The van der Waals surface area contributed by atoms with Crippen LogP contribution in [0.5, 0.6) is 0 Å². The first-order valence-corrected chi connectivity index (χ1v) is 9.89. The van der Waals surface area contributed by atoms with Gasteiger partial charge in [0, 0.05) is 0 Å². The third kappa shape index (κ3) is 4.58. The molecule has 0 fully saturated rings. The summed E-state index contributed by atoms with van der Waals surface area (Å²) in [6.45, 7) is 10.7. The lowest BCUT2D eigenvalue weighted by atomic mass is 9.95. The highest BCUT2D eigenvalue weighted by Crippen LogP contribution is 2.28. The highest BCUT2D eigenvalue weighted by Gasteiger charge is 2.05. The highest BCUT2D eigenvalue weighted by atomic mass is 14.1. The molecule has 0 bridgehead atoms. The molecule has 0 atom stereocenters. The van der Waals surface area contributed by atoms with E-state index in [2.05, 4.69) is 118 Å². The minimum absolute atomic E-state index is 0.991. The van der Waals surface area contributed by atoms with E-state index >= 15 is 0 Å². The standard InChI is InChI=1S/C28H28/c1-5-11-24(19-18-23(4)27-16-8-6-12-21(27)2)25-14-10-15-26(20-25)28-17-9-7-13-22(28)3/h6-20H,4-5H2,1-3H3/b19-18-,24-11+. The van der Waals surface area contributed by atoms with Crippen LogP contribution in [-0.4, -0.2) is 0 Å². The van der Waals surface area contributed by atoms with Crippen LogP contribution in [0.2, 0.25) is 0 Å². The van der Waals surface area contributed by atoms with Gasteiger partial charge in [0.2, 0.25) is 0 Å². The summed E-state index contributed by atoms with van der Waals surface area (Å²) in [5, 5.41) is 0. The number of benzene rings is 3. The summed E-state index contributed by atoms with van der Waals surface area (Å²) in [7, 11) is 0. The SMILES string of the molecule is C=C(/C=C\C(=C/CC)c1cccc(-c2ccccc2C)c1)c1ccccc1C. The molecular weight excluding hydrogens is 336 g/mol. The van der Waals surface area contributed by atoms with Crippen molar-refractivity contribution in [1.29, 1.82) is 0 Å². The molecule has 140 valence electrons. The third-order valence-corrected chi connectivity index (χ3v) is 5.03. The van der Waals surface area contributed by atoms with Crippen LogP contribution < -0.4 is 0 Å². The quantitative estimate of drug-likeness (QED) is 0.388. The zero-order valence-electron chi connectivity index (χ0n) is 17.1. The Morgan fingerprint density at radius 3 is 2.25 bits per heavy atom. The zero-order valence-corrected chi connectivity index (χ0v) is 17.1. The normalized spacial score (nSPS) is 11.8. The van der Waals surface area contributed by atoms with E-state index in [1.54, 1.807) is 0 Å². The van der Waals surface area contributed by atoms with Gasteiger partial charge in [0.15, 0.2) is 0 Å². The summed E-state index contributed by atoms with van der Waals surface area (Å²) in [4.78, 5) is 0. The van der Waals surface area contributed by atoms with Crippen molar-refractivity contribution in [2.45, 2.75) is 27.2 Å². The van der Waals surface area contributed by atoms with Crippen molar-refractivity contribution in [3.05, 3.63) is 120 Å².